The maximum atomic E-state index is 11.8. The molecule has 2 rings (SSSR count). The summed E-state index contributed by atoms with van der Waals surface area (Å²) < 4.78 is 11.0. The summed E-state index contributed by atoms with van der Waals surface area (Å²) in [5.74, 6) is 1.06. The van der Waals surface area contributed by atoms with Crippen LogP contribution in [0.2, 0.25) is 0 Å². The molecule has 5 nitrogen and oxygen atoms in total. The first-order chi connectivity index (χ1) is 8.70. The van der Waals surface area contributed by atoms with Crippen molar-refractivity contribution in [3.05, 3.63) is 24.3 Å². The zero-order valence-corrected chi connectivity index (χ0v) is 10.3. The number of benzene rings is 1. The van der Waals surface area contributed by atoms with Crippen LogP contribution in [-0.2, 0) is 4.79 Å². The SMILES string of the molecule is CC(CO)CNC(=O)C1COc2ccccc2O1. The van der Waals surface area contributed by atoms with Crippen LogP contribution in [0.15, 0.2) is 24.3 Å². The zero-order chi connectivity index (χ0) is 13.0. The molecule has 2 N–H and O–H groups in total. The van der Waals surface area contributed by atoms with E-state index >= 15 is 0 Å². The molecule has 2 unspecified atom stereocenters. The van der Waals surface area contributed by atoms with Crippen LogP contribution >= 0.6 is 0 Å². The van der Waals surface area contributed by atoms with Crippen molar-refractivity contribution in [3.8, 4) is 11.5 Å². The minimum absolute atomic E-state index is 0.0331. The van der Waals surface area contributed by atoms with Crippen LogP contribution in [-0.4, -0.2) is 36.9 Å². The van der Waals surface area contributed by atoms with Crippen LogP contribution in [0.3, 0.4) is 0 Å². The quantitative estimate of drug-likeness (QED) is 0.821. The Hall–Kier alpha value is -1.75. The van der Waals surface area contributed by atoms with Crippen LogP contribution in [0.5, 0.6) is 11.5 Å². The average molecular weight is 251 g/mol. The fourth-order valence-corrected chi connectivity index (χ4v) is 1.60. The maximum absolute atomic E-state index is 11.8. The fourth-order valence-electron chi connectivity index (χ4n) is 1.60. The van der Waals surface area contributed by atoms with Gasteiger partial charge in [0.2, 0.25) is 6.10 Å². The molecule has 5 heteroatoms. The number of amides is 1. The third-order valence-electron chi connectivity index (χ3n) is 2.74. The van der Waals surface area contributed by atoms with Gasteiger partial charge in [0.15, 0.2) is 11.5 Å². The second-order valence-corrected chi connectivity index (χ2v) is 4.40. The van der Waals surface area contributed by atoms with Crippen molar-refractivity contribution in [2.75, 3.05) is 19.8 Å². The molecule has 1 aliphatic heterocycles. The maximum Gasteiger partial charge on any atom is 0.264 e. The minimum Gasteiger partial charge on any atom is -0.485 e. The largest absolute Gasteiger partial charge is 0.485 e. The smallest absolute Gasteiger partial charge is 0.264 e. The van der Waals surface area contributed by atoms with E-state index in [0.717, 1.165) is 0 Å². The molecule has 0 aromatic heterocycles. The molecule has 0 aliphatic carbocycles. The summed E-state index contributed by atoms with van der Waals surface area (Å²) >= 11 is 0. The van der Waals surface area contributed by atoms with Crippen molar-refractivity contribution in [1.82, 2.24) is 5.32 Å². The van der Waals surface area contributed by atoms with Gasteiger partial charge in [0.1, 0.15) is 6.61 Å². The van der Waals surface area contributed by atoms with Gasteiger partial charge in [0.25, 0.3) is 5.91 Å². The van der Waals surface area contributed by atoms with E-state index < -0.39 is 6.10 Å². The van der Waals surface area contributed by atoms with Gasteiger partial charge in [0, 0.05) is 13.2 Å². The Balaban J connectivity index is 1.90. The normalized spacial score (nSPS) is 19.1. The Bertz CT molecular complexity index is 421. The lowest BCUT2D eigenvalue weighted by Gasteiger charge is -2.25. The number of ether oxygens (including phenoxy) is 2. The molecule has 1 heterocycles. The number of fused-ring (bicyclic) bond motifs is 1. The van der Waals surface area contributed by atoms with Crippen molar-refractivity contribution >= 4 is 5.91 Å². The minimum atomic E-state index is -0.634. The molecule has 1 aromatic carbocycles. The highest BCUT2D eigenvalue weighted by Crippen LogP contribution is 2.30. The van der Waals surface area contributed by atoms with Gasteiger partial charge in [-0.05, 0) is 18.1 Å². The summed E-state index contributed by atoms with van der Waals surface area (Å²) in [5, 5.41) is 11.6. The van der Waals surface area contributed by atoms with Crippen molar-refractivity contribution in [3.63, 3.8) is 0 Å². The lowest BCUT2D eigenvalue weighted by atomic mass is 10.2. The van der Waals surface area contributed by atoms with E-state index in [2.05, 4.69) is 5.32 Å². The average Bonchev–Trinajstić information content (AvgIpc) is 2.43. The monoisotopic (exact) mass is 251 g/mol. The second kappa shape index (κ2) is 5.73. The molecule has 2 atom stereocenters. The Morgan fingerprint density at radius 1 is 1.50 bits per heavy atom. The third kappa shape index (κ3) is 2.92. The Kier molecular flexibility index (Phi) is 4.04. The molecule has 0 saturated carbocycles. The summed E-state index contributed by atoms with van der Waals surface area (Å²) in [4.78, 5) is 11.8. The molecule has 0 fully saturated rings. The van der Waals surface area contributed by atoms with Gasteiger partial charge in [0.05, 0.1) is 0 Å². The number of aliphatic hydroxyl groups excluding tert-OH is 1. The molecule has 0 radical (unpaired) electrons. The van der Waals surface area contributed by atoms with Crippen LogP contribution in [0.1, 0.15) is 6.92 Å². The summed E-state index contributed by atoms with van der Waals surface area (Å²) in [5.41, 5.74) is 0. The number of hydrogen-bond donors (Lipinski definition) is 2. The Labute approximate surface area is 106 Å². The van der Waals surface area contributed by atoms with Crippen molar-refractivity contribution in [2.24, 2.45) is 5.92 Å². The van der Waals surface area contributed by atoms with Crippen LogP contribution in [0, 0.1) is 5.92 Å². The van der Waals surface area contributed by atoms with Gasteiger partial charge in [-0.3, -0.25) is 4.79 Å². The van der Waals surface area contributed by atoms with Gasteiger partial charge in [-0.2, -0.15) is 0 Å². The number of hydrogen-bond acceptors (Lipinski definition) is 4. The lowest BCUT2D eigenvalue weighted by Crippen LogP contribution is -2.45. The molecule has 0 saturated heterocycles. The summed E-state index contributed by atoms with van der Waals surface area (Å²) in [6, 6.07) is 7.25. The van der Waals surface area contributed by atoms with E-state index in [1.807, 2.05) is 19.1 Å². The number of carbonyl (C=O) groups excluding carboxylic acids is 1. The van der Waals surface area contributed by atoms with Crippen molar-refractivity contribution < 1.29 is 19.4 Å². The van der Waals surface area contributed by atoms with Gasteiger partial charge < -0.3 is 19.9 Å². The van der Waals surface area contributed by atoms with Gasteiger partial charge in [-0.15, -0.1) is 0 Å². The molecule has 0 bridgehead atoms. The molecule has 0 spiro atoms. The Morgan fingerprint density at radius 3 is 2.94 bits per heavy atom. The van der Waals surface area contributed by atoms with Gasteiger partial charge in [-0.1, -0.05) is 19.1 Å². The predicted molar refractivity (Wildman–Crippen MR) is 65.6 cm³/mol. The molecule has 1 aliphatic rings. The lowest BCUT2D eigenvalue weighted by molar-refractivity contribution is -0.130. The first-order valence-electron chi connectivity index (χ1n) is 5.97. The molecule has 1 amide bonds. The summed E-state index contributed by atoms with van der Waals surface area (Å²) in [7, 11) is 0. The number of para-hydroxylation sites is 2. The van der Waals surface area contributed by atoms with E-state index in [1.54, 1.807) is 12.1 Å². The fraction of sp³-hybridized carbons (Fsp3) is 0.462. The topological polar surface area (TPSA) is 67.8 Å². The van der Waals surface area contributed by atoms with E-state index in [4.69, 9.17) is 14.6 Å². The Morgan fingerprint density at radius 2 is 2.22 bits per heavy atom. The van der Waals surface area contributed by atoms with Crippen molar-refractivity contribution in [2.45, 2.75) is 13.0 Å². The first kappa shape index (κ1) is 12.7. The molecule has 18 heavy (non-hydrogen) atoms. The highest BCUT2D eigenvalue weighted by atomic mass is 16.6. The first-order valence-corrected chi connectivity index (χ1v) is 5.97. The summed E-state index contributed by atoms with van der Waals surface area (Å²) in [6.07, 6.45) is -0.634. The van der Waals surface area contributed by atoms with Gasteiger partial charge >= 0.3 is 0 Å². The standard InChI is InChI=1S/C13H17NO4/c1-9(7-15)6-14-13(16)12-8-17-10-4-2-3-5-11(10)18-12/h2-5,9,12,15H,6-8H2,1H3,(H,14,16). The van der Waals surface area contributed by atoms with Crippen LogP contribution in [0.4, 0.5) is 0 Å². The third-order valence-corrected chi connectivity index (χ3v) is 2.74. The van der Waals surface area contributed by atoms with E-state index in [1.165, 1.54) is 0 Å². The molecular formula is C13H17NO4. The second-order valence-electron chi connectivity index (χ2n) is 4.40. The molecule has 1 aromatic rings. The predicted octanol–water partition coefficient (Wildman–Crippen LogP) is 0.571. The highest BCUT2D eigenvalue weighted by Gasteiger charge is 2.27. The molecule has 98 valence electrons. The number of aliphatic hydroxyl groups is 1. The zero-order valence-electron chi connectivity index (χ0n) is 10.3. The number of carbonyl (C=O) groups is 1. The number of nitrogens with one attached hydrogen (secondary N) is 1. The van der Waals surface area contributed by atoms with E-state index in [-0.39, 0.29) is 25.0 Å². The van der Waals surface area contributed by atoms with Gasteiger partial charge in [-0.25, -0.2) is 0 Å². The summed E-state index contributed by atoms with van der Waals surface area (Å²) in [6.45, 7) is 2.53. The van der Waals surface area contributed by atoms with E-state index in [0.29, 0.717) is 18.0 Å². The van der Waals surface area contributed by atoms with Crippen LogP contribution in [0.25, 0.3) is 0 Å². The van der Waals surface area contributed by atoms with Crippen LogP contribution < -0.4 is 14.8 Å². The number of rotatable bonds is 4. The van der Waals surface area contributed by atoms with E-state index in [9.17, 15) is 4.79 Å². The highest BCUT2D eigenvalue weighted by molar-refractivity contribution is 5.81. The molecular weight excluding hydrogens is 234 g/mol. The van der Waals surface area contributed by atoms with Crippen molar-refractivity contribution in [1.29, 1.82) is 0 Å².